The van der Waals surface area contributed by atoms with Gasteiger partial charge in [0.05, 0.1) is 23.3 Å². The van der Waals surface area contributed by atoms with Crippen molar-refractivity contribution in [2.45, 2.75) is 20.0 Å². The second-order valence-corrected chi connectivity index (χ2v) is 6.98. The van der Waals surface area contributed by atoms with Crippen LogP contribution < -0.4 is 10.1 Å². The fourth-order valence-electron chi connectivity index (χ4n) is 3.18. The fraction of sp³-hybridized carbons (Fsp3) is 0.238. The summed E-state index contributed by atoms with van der Waals surface area (Å²) >= 11 is 0. The molecule has 0 aromatic heterocycles. The molecule has 11 heteroatoms. The minimum Gasteiger partial charge on any atom is -0.495 e. The SMILES string of the molecule is COc1ccc(C)cc1NC(=O)C(C)OC(=O)CN1C(=O)c2cccc([N+](=O)[O-])c2C1=O. The standard InChI is InChI=1S/C21H19N3O8/c1-11-7-8-16(31-3)14(9-11)22-19(26)12(2)32-17(25)10-23-20(27)13-5-4-6-15(24(29)30)18(13)21(23)28/h4-9,12H,10H2,1-3H3,(H,22,26). The molecule has 1 aliphatic heterocycles. The predicted octanol–water partition coefficient (Wildman–Crippen LogP) is 2.08. The largest absolute Gasteiger partial charge is 0.495 e. The Labute approximate surface area is 182 Å². The normalized spacial score (nSPS) is 13.4. The molecular formula is C21H19N3O8. The smallest absolute Gasteiger partial charge is 0.326 e. The number of benzene rings is 2. The van der Waals surface area contributed by atoms with Crippen LogP contribution in [0.15, 0.2) is 36.4 Å². The van der Waals surface area contributed by atoms with Gasteiger partial charge in [0.2, 0.25) is 0 Å². The number of imide groups is 1. The molecule has 2 aromatic carbocycles. The maximum Gasteiger partial charge on any atom is 0.326 e. The number of hydrogen-bond donors (Lipinski definition) is 1. The first-order chi connectivity index (χ1) is 15.1. The minimum atomic E-state index is -1.25. The number of nitrogens with one attached hydrogen (secondary N) is 1. The van der Waals surface area contributed by atoms with Gasteiger partial charge in [-0.1, -0.05) is 12.1 Å². The molecule has 1 N–H and O–H groups in total. The van der Waals surface area contributed by atoms with Crippen LogP contribution in [0.3, 0.4) is 0 Å². The molecule has 1 heterocycles. The Morgan fingerprint density at radius 3 is 2.56 bits per heavy atom. The Morgan fingerprint density at radius 1 is 1.19 bits per heavy atom. The first kappa shape index (κ1) is 22.4. The molecule has 2 aromatic rings. The van der Waals surface area contributed by atoms with E-state index in [1.165, 1.54) is 26.2 Å². The summed E-state index contributed by atoms with van der Waals surface area (Å²) < 4.78 is 10.2. The average Bonchev–Trinajstić information content (AvgIpc) is 2.98. The van der Waals surface area contributed by atoms with Crippen molar-refractivity contribution in [3.05, 3.63) is 63.2 Å². The Morgan fingerprint density at radius 2 is 1.91 bits per heavy atom. The fourth-order valence-corrected chi connectivity index (χ4v) is 3.18. The number of methoxy groups -OCH3 is 1. The lowest BCUT2D eigenvalue weighted by Crippen LogP contribution is -2.38. The van der Waals surface area contributed by atoms with Crippen molar-refractivity contribution in [3.63, 3.8) is 0 Å². The maximum atomic E-state index is 12.5. The van der Waals surface area contributed by atoms with Gasteiger partial charge in [0.15, 0.2) is 6.10 Å². The number of ether oxygens (including phenoxy) is 2. The third kappa shape index (κ3) is 4.26. The van der Waals surface area contributed by atoms with Crippen LogP contribution in [0.2, 0.25) is 0 Å². The van der Waals surface area contributed by atoms with Crippen molar-refractivity contribution in [2.24, 2.45) is 0 Å². The van der Waals surface area contributed by atoms with Crippen molar-refractivity contribution < 1.29 is 33.6 Å². The number of nitro groups is 1. The van der Waals surface area contributed by atoms with Crippen LogP contribution in [0.25, 0.3) is 0 Å². The van der Waals surface area contributed by atoms with Gasteiger partial charge in [0, 0.05) is 6.07 Å². The van der Waals surface area contributed by atoms with Crippen molar-refractivity contribution in [3.8, 4) is 5.75 Å². The van der Waals surface area contributed by atoms with Gasteiger partial charge >= 0.3 is 5.97 Å². The molecule has 0 aliphatic carbocycles. The zero-order chi connectivity index (χ0) is 23.6. The number of amides is 3. The molecule has 0 spiro atoms. The lowest BCUT2D eigenvalue weighted by Gasteiger charge is -2.17. The number of hydrogen-bond acceptors (Lipinski definition) is 8. The molecule has 0 fully saturated rings. The number of nitro benzene ring substituents is 1. The summed E-state index contributed by atoms with van der Waals surface area (Å²) in [5, 5.41) is 13.7. The van der Waals surface area contributed by atoms with E-state index in [1.54, 1.807) is 18.2 Å². The van der Waals surface area contributed by atoms with Crippen LogP contribution in [-0.2, 0) is 14.3 Å². The number of fused-ring (bicyclic) bond motifs is 1. The van der Waals surface area contributed by atoms with Gasteiger partial charge in [-0.2, -0.15) is 0 Å². The van der Waals surface area contributed by atoms with Crippen molar-refractivity contribution >= 4 is 35.1 Å². The van der Waals surface area contributed by atoms with Gasteiger partial charge in [-0.25, -0.2) is 0 Å². The number of aryl methyl sites for hydroxylation is 1. The Balaban J connectivity index is 1.67. The maximum absolute atomic E-state index is 12.5. The topological polar surface area (TPSA) is 145 Å². The van der Waals surface area contributed by atoms with Crippen LogP contribution >= 0.6 is 0 Å². The van der Waals surface area contributed by atoms with Crippen LogP contribution in [0.1, 0.15) is 33.2 Å². The van der Waals surface area contributed by atoms with E-state index in [0.29, 0.717) is 16.3 Å². The summed E-state index contributed by atoms with van der Waals surface area (Å²) in [5.41, 5.74) is 0.164. The van der Waals surface area contributed by atoms with Gasteiger partial charge in [0.1, 0.15) is 17.9 Å². The number of carbonyl (C=O) groups excluding carboxylic acids is 4. The Bertz CT molecular complexity index is 1140. The van der Waals surface area contributed by atoms with E-state index >= 15 is 0 Å². The molecule has 0 saturated carbocycles. The van der Waals surface area contributed by atoms with E-state index in [9.17, 15) is 29.3 Å². The number of anilines is 1. The van der Waals surface area contributed by atoms with E-state index in [2.05, 4.69) is 5.32 Å². The summed E-state index contributed by atoms with van der Waals surface area (Å²) in [4.78, 5) is 60.6. The third-order valence-electron chi connectivity index (χ3n) is 4.75. The van der Waals surface area contributed by atoms with E-state index in [-0.39, 0.29) is 11.1 Å². The van der Waals surface area contributed by atoms with Gasteiger partial charge in [0.25, 0.3) is 23.4 Å². The Hall–Kier alpha value is -4.28. The number of esters is 1. The van der Waals surface area contributed by atoms with Crippen LogP contribution in [0.4, 0.5) is 11.4 Å². The van der Waals surface area contributed by atoms with E-state index < -0.39 is 47.0 Å². The highest BCUT2D eigenvalue weighted by molar-refractivity contribution is 6.24. The molecule has 1 aliphatic rings. The van der Waals surface area contributed by atoms with Crippen LogP contribution in [-0.4, -0.2) is 53.3 Å². The number of carbonyl (C=O) groups is 4. The zero-order valence-electron chi connectivity index (χ0n) is 17.4. The summed E-state index contributed by atoms with van der Waals surface area (Å²) in [6, 6.07) is 8.78. The van der Waals surface area contributed by atoms with Crippen molar-refractivity contribution in [1.29, 1.82) is 0 Å². The predicted molar refractivity (Wildman–Crippen MR) is 110 cm³/mol. The minimum absolute atomic E-state index is 0.172. The quantitative estimate of drug-likeness (QED) is 0.297. The molecule has 3 amide bonds. The van der Waals surface area contributed by atoms with Crippen LogP contribution in [0.5, 0.6) is 5.75 Å². The number of rotatable bonds is 7. The second-order valence-electron chi connectivity index (χ2n) is 6.98. The molecule has 0 saturated heterocycles. The highest BCUT2D eigenvalue weighted by Crippen LogP contribution is 2.30. The molecule has 166 valence electrons. The summed E-state index contributed by atoms with van der Waals surface area (Å²) in [7, 11) is 1.44. The van der Waals surface area contributed by atoms with Crippen molar-refractivity contribution in [2.75, 3.05) is 19.0 Å². The lowest BCUT2D eigenvalue weighted by atomic mass is 10.1. The molecule has 32 heavy (non-hydrogen) atoms. The highest BCUT2D eigenvalue weighted by Gasteiger charge is 2.42. The van der Waals surface area contributed by atoms with Crippen LogP contribution in [0, 0.1) is 17.0 Å². The second kappa shape index (κ2) is 8.84. The summed E-state index contributed by atoms with van der Waals surface area (Å²) in [5.74, 6) is -3.10. The van der Waals surface area contributed by atoms with Gasteiger partial charge in [-0.15, -0.1) is 0 Å². The molecule has 3 rings (SSSR count). The molecular weight excluding hydrogens is 422 g/mol. The van der Waals surface area contributed by atoms with E-state index in [1.807, 2.05) is 6.92 Å². The summed E-state index contributed by atoms with van der Waals surface area (Å²) in [6.07, 6.45) is -1.25. The average molecular weight is 441 g/mol. The molecule has 0 radical (unpaired) electrons. The third-order valence-corrected chi connectivity index (χ3v) is 4.75. The lowest BCUT2D eigenvalue weighted by molar-refractivity contribution is -0.385. The van der Waals surface area contributed by atoms with E-state index in [0.717, 1.165) is 11.6 Å². The summed E-state index contributed by atoms with van der Waals surface area (Å²) in [6.45, 7) is 2.35. The van der Waals surface area contributed by atoms with Gasteiger partial charge in [-0.05, 0) is 37.6 Å². The van der Waals surface area contributed by atoms with Gasteiger partial charge < -0.3 is 14.8 Å². The molecule has 1 unspecified atom stereocenters. The van der Waals surface area contributed by atoms with E-state index in [4.69, 9.17) is 9.47 Å². The monoisotopic (exact) mass is 441 g/mol. The van der Waals surface area contributed by atoms with Crippen molar-refractivity contribution in [1.82, 2.24) is 4.90 Å². The Kier molecular flexibility index (Phi) is 6.19. The molecule has 11 nitrogen and oxygen atoms in total. The molecule has 0 bridgehead atoms. The first-order valence-corrected chi connectivity index (χ1v) is 9.42. The van der Waals surface area contributed by atoms with Gasteiger partial charge in [-0.3, -0.25) is 34.2 Å². The number of nitrogens with zero attached hydrogens (tertiary/aromatic N) is 2. The zero-order valence-corrected chi connectivity index (χ0v) is 17.4. The highest BCUT2D eigenvalue weighted by atomic mass is 16.6. The molecule has 1 atom stereocenters. The first-order valence-electron chi connectivity index (χ1n) is 9.42.